The Bertz CT molecular complexity index is 726. The Kier molecular flexibility index (Phi) is 7.78. The number of benzene rings is 2. The predicted molar refractivity (Wildman–Crippen MR) is 111 cm³/mol. The van der Waals surface area contributed by atoms with Crippen molar-refractivity contribution in [2.24, 2.45) is 4.99 Å². The molecule has 2 aromatic carbocycles. The first-order chi connectivity index (χ1) is 12.2. The summed E-state index contributed by atoms with van der Waals surface area (Å²) in [5.41, 5.74) is 1.82. The van der Waals surface area contributed by atoms with Crippen LogP contribution in [0.2, 0.25) is 0 Å². The normalized spacial score (nSPS) is 10.7. The number of rotatable bonds is 9. The quantitative estimate of drug-likeness (QED) is 0.291. The van der Waals surface area contributed by atoms with Gasteiger partial charge in [-0.25, -0.2) is 0 Å². The molecule has 0 saturated heterocycles. The topological polar surface area (TPSA) is 40.0 Å². The van der Waals surface area contributed by atoms with Gasteiger partial charge in [-0.2, -0.15) is 0 Å². The van der Waals surface area contributed by atoms with E-state index in [4.69, 9.17) is 14.2 Å². The van der Waals surface area contributed by atoms with Gasteiger partial charge in [0.05, 0.1) is 22.5 Å². The molecule has 0 unspecified atom stereocenters. The van der Waals surface area contributed by atoms with Gasteiger partial charge in [0.25, 0.3) is 0 Å². The number of halogens is 1. The van der Waals surface area contributed by atoms with Gasteiger partial charge in [-0.15, -0.1) is 0 Å². The highest BCUT2D eigenvalue weighted by atomic mass is 127. The fourth-order valence-electron chi connectivity index (χ4n) is 2.15. The first-order valence-electron chi connectivity index (χ1n) is 8.14. The second-order valence-corrected chi connectivity index (χ2v) is 6.21. The Hall–Kier alpha value is -2.02. The zero-order chi connectivity index (χ0) is 18.1. The van der Waals surface area contributed by atoms with Crippen molar-refractivity contribution < 1.29 is 14.2 Å². The largest absolute Gasteiger partial charge is 0.494 e. The van der Waals surface area contributed by atoms with Crippen LogP contribution in [0.15, 0.2) is 54.0 Å². The minimum Gasteiger partial charge on any atom is -0.494 e. The number of nitrogens with zero attached hydrogens (tertiary/aromatic N) is 1. The van der Waals surface area contributed by atoms with Crippen molar-refractivity contribution in [1.29, 1.82) is 0 Å². The average molecular weight is 451 g/mol. The maximum Gasteiger partial charge on any atom is 0.174 e. The van der Waals surface area contributed by atoms with Crippen molar-refractivity contribution in [3.05, 3.63) is 58.2 Å². The lowest BCUT2D eigenvalue weighted by atomic mass is 10.2. The molecule has 0 aliphatic rings. The van der Waals surface area contributed by atoms with E-state index < -0.39 is 0 Å². The fraction of sp³-hybridized carbons (Fsp3) is 0.250. The van der Waals surface area contributed by atoms with E-state index in [-0.39, 0.29) is 0 Å². The van der Waals surface area contributed by atoms with Gasteiger partial charge in [0.1, 0.15) is 12.4 Å². The zero-order valence-corrected chi connectivity index (χ0v) is 16.7. The predicted octanol–water partition coefficient (Wildman–Crippen LogP) is 5.40. The highest BCUT2D eigenvalue weighted by Gasteiger charge is 2.11. The average Bonchev–Trinajstić information content (AvgIpc) is 2.61. The maximum absolute atomic E-state index is 5.71. The molecule has 5 heteroatoms. The third-order valence-corrected chi connectivity index (χ3v) is 3.99. The lowest BCUT2D eigenvalue weighted by Crippen LogP contribution is -2.02. The van der Waals surface area contributed by atoms with Gasteiger partial charge >= 0.3 is 0 Å². The smallest absolute Gasteiger partial charge is 0.174 e. The van der Waals surface area contributed by atoms with Gasteiger partial charge < -0.3 is 14.2 Å². The third kappa shape index (κ3) is 5.77. The molecule has 2 rings (SSSR count). The molecule has 0 atom stereocenters. The summed E-state index contributed by atoms with van der Waals surface area (Å²) in [7, 11) is 0. The van der Waals surface area contributed by atoms with E-state index >= 15 is 0 Å². The van der Waals surface area contributed by atoms with Crippen molar-refractivity contribution in [2.75, 3.05) is 19.8 Å². The maximum atomic E-state index is 5.71. The molecule has 0 heterocycles. The van der Waals surface area contributed by atoms with Gasteiger partial charge in [0.15, 0.2) is 11.5 Å². The zero-order valence-electron chi connectivity index (χ0n) is 14.5. The number of hydrogen-bond donors (Lipinski definition) is 0. The van der Waals surface area contributed by atoms with Gasteiger partial charge in [-0.1, -0.05) is 12.7 Å². The Morgan fingerprint density at radius 1 is 1.04 bits per heavy atom. The van der Waals surface area contributed by atoms with Crippen molar-refractivity contribution in [1.82, 2.24) is 0 Å². The van der Waals surface area contributed by atoms with Gasteiger partial charge in [-0.3, -0.25) is 4.99 Å². The Morgan fingerprint density at radius 2 is 1.76 bits per heavy atom. The Labute approximate surface area is 162 Å². The van der Waals surface area contributed by atoms with E-state index in [9.17, 15) is 0 Å². The van der Waals surface area contributed by atoms with Crippen LogP contribution in [0.3, 0.4) is 0 Å². The first-order valence-corrected chi connectivity index (χ1v) is 9.22. The summed E-state index contributed by atoms with van der Waals surface area (Å²) in [5.74, 6) is 2.29. The van der Waals surface area contributed by atoms with Crippen molar-refractivity contribution in [2.45, 2.75) is 13.8 Å². The Morgan fingerprint density at radius 3 is 2.40 bits per heavy atom. The summed E-state index contributed by atoms with van der Waals surface area (Å²) in [6.07, 6.45) is 3.53. The summed E-state index contributed by atoms with van der Waals surface area (Å²) in [6, 6.07) is 11.6. The summed E-state index contributed by atoms with van der Waals surface area (Å²) in [6.45, 7) is 9.26. The second-order valence-electron chi connectivity index (χ2n) is 5.05. The van der Waals surface area contributed by atoms with Gasteiger partial charge in [0, 0.05) is 6.21 Å². The Balaban J connectivity index is 2.21. The van der Waals surface area contributed by atoms with Crippen molar-refractivity contribution >= 4 is 34.5 Å². The third-order valence-electron chi connectivity index (χ3n) is 3.19. The molecule has 0 saturated carbocycles. The molecule has 0 spiro atoms. The summed E-state index contributed by atoms with van der Waals surface area (Å²) in [4.78, 5) is 4.52. The van der Waals surface area contributed by atoms with Gasteiger partial charge in [-0.05, 0) is 78.4 Å². The van der Waals surface area contributed by atoms with E-state index in [1.807, 2.05) is 56.5 Å². The summed E-state index contributed by atoms with van der Waals surface area (Å²) >= 11 is 2.24. The molecular formula is C20H22INO3. The lowest BCUT2D eigenvalue weighted by molar-refractivity contribution is 0.295. The molecule has 0 fully saturated rings. The second kappa shape index (κ2) is 10.1. The van der Waals surface area contributed by atoms with Crippen LogP contribution >= 0.6 is 22.6 Å². The standard InChI is InChI=1S/C20H22INO3/c1-4-11-25-20-18(21)12-15(13-19(20)24-6-3)14-22-16-7-9-17(10-8-16)23-5-2/h4,7-10,12-14H,1,5-6,11H2,2-3H3. The minimum atomic E-state index is 0.440. The summed E-state index contributed by atoms with van der Waals surface area (Å²) in [5, 5.41) is 0. The van der Waals surface area contributed by atoms with Crippen LogP contribution in [0.4, 0.5) is 5.69 Å². The van der Waals surface area contributed by atoms with E-state index in [0.717, 1.165) is 26.3 Å². The molecule has 0 bridgehead atoms. The van der Waals surface area contributed by atoms with Crippen LogP contribution in [0.25, 0.3) is 0 Å². The highest BCUT2D eigenvalue weighted by molar-refractivity contribution is 14.1. The molecule has 132 valence electrons. The van der Waals surface area contributed by atoms with Crippen molar-refractivity contribution in [3.8, 4) is 17.2 Å². The molecule has 0 amide bonds. The lowest BCUT2D eigenvalue weighted by Gasteiger charge is -2.13. The van der Waals surface area contributed by atoms with E-state index in [1.54, 1.807) is 6.08 Å². The van der Waals surface area contributed by atoms with Crippen LogP contribution < -0.4 is 14.2 Å². The monoisotopic (exact) mass is 451 g/mol. The molecule has 2 aromatic rings. The number of hydrogen-bond acceptors (Lipinski definition) is 4. The van der Waals surface area contributed by atoms with E-state index in [0.29, 0.717) is 25.6 Å². The van der Waals surface area contributed by atoms with Crippen LogP contribution in [-0.4, -0.2) is 26.0 Å². The van der Waals surface area contributed by atoms with Crippen LogP contribution in [0.5, 0.6) is 17.2 Å². The first kappa shape index (κ1) is 19.3. The molecular weight excluding hydrogens is 429 g/mol. The molecule has 25 heavy (non-hydrogen) atoms. The fourth-order valence-corrected chi connectivity index (χ4v) is 2.93. The molecule has 4 nitrogen and oxygen atoms in total. The van der Waals surface area contributed by atoms with E-state index in [2.05, 4.69) is 34.2 Å². The highest BCUT2D eigenvalue weighted by Crippen LogP contribution is 2.34. The summed E-state index contributed by atoms with van der Waals surface area (Å²) < 4.78 is 17.8. The van der Waals surface area contributed by atoms with Crippen molar-refractivity contribution in [3.63, 3.8) is 0 Å². The SMILES string of the molecule is C=CCOc1c(I)cc(C=Nc2ccc(OCC)cc2)cc1OCC. The van der Waals surface area contributed by atoms with Crippen LogP contribution in [-0.2, 0) is 0 Å². The van der Waals surface area contributed by atoms with Gasteiger partial charge in [0.2, 0.25) is 0 Å². The van der Waals surface area contributed by atoms with E-state index in [1.165, 1.54) is 0 Å². The molecule has 0 aliphatic carbocycles. The molecule has 0 radical (unpaired) electrons. The minimum absolute atomic E-state index is 0.440. The molecule has 0 N–H and O–H groups in total. The van der Waals surface area contributed by atoms with Crippen LogP contribution in [0, 0.1) is 3.57 Å². The number of ether oxygens (including phenoxy) is 3. The van der Waals surface area contributed by atoms with Crippen LogP contribution in [0.1, 0.15) is 19.4 Å². The molecule has 0 aliphatic heterocycles. The molecule has 0 aromatic heterocycles. The number of aliphatic imine (C=N–C) groups is 1.